The van der Waals surface area contributed by atoms with E-state index in [9.17, 15) is 4.79 Å². The van der Waals surface area contributed by atoms with Crippen molar-refractivity contribution < 1.29 is 9.53 Å². The molecule has 0 spiro atoms. The number of amides is 1. The fraction of sp³-hybridized carbons (Fsp3) is 0.375. The van der Waals surface area contributed by atoms with Crippen LogP contribution in [0.2, 0.25) is 0 Å². The van der Waals surface area contributed by atoms with Gasteiger partial charge in [-0.05, 0) is 38.0 Å². The molecular formula is C16H18N2O2S. The molecule has 0 saturated carbocycles. The Labute approximate surface area is 128 Å². The highest BCUT2D eigenvalue weighted by atomic mass is 32.1. The highest BCUT2D eigenvalue weighted by Crippen LogP contribution is 2.37. The topological polar surface area (TPSA) is 42.4 Å². The van der Waals surface area contributed by atoms with E-state index < -0.39 is 6.10 Å². The van der Waals surface area contributed by atoms with Crippen molar-refractivity contribution in [2.75, 3.05) is 11.9 Å². The van der Waals surface area contributed by atoms with E-state index in [0.717, 1.165) is 40.5 Å². The van der Waals surface area contributed by atoms with Gasteiger partial charge in [0, 0.05) is 18.0 Å². The number of hydrogen-bond donors (Lipinski definition) is 0. The lowest BCUT2D eigenvalue weighted by Gasteiger charge is -2.30. The molecule has 2 heterocycles. The Morgan fingerprint density at radius 2 is 2.24 bits per heavy atom. The van der Waals surface area contributed by atoms with Gasteiger partial charge in [0.15, 0.2) is 6.10 Å². The van der Waals surface area contributed by atoms with Crippen LogP contribution in [0.25, 0.3) is 11.3 Å². The molecule has 5 heteroatoms. The standard InChI is InChI=1S/C16H18N2O2S/c1-4-5-15-17-12(9-21-15)11-6-7-14-13(8-11)18(3)16(19)10(2)20-14/h6-10H,4-5H2,1-3H3. The lowest BCUT2D eigenvalue weighted by molar-refractivity contribution is -0.125. The first-order valence-electron chi connectivity index (χ1n) is 7.13. The number of fused-ring (bicyclic) bond motifs is 1. The van der Waals surface area contributed by atoms with Crippen molar-refractivity contribution in [3.05, 3.63) is 28.6 Å². The normalized spacial score (nSPS) is 17.6. The number of anilines is 1. The third-order valence-electron chi connectivity index (χ3n) is 3.61. The molecule has 1 aliphatic heterocycles. The van der Waals surface area contributed by atoms with Crippen LogP contribution in [-0.4, -0.2) is 24.0 Å². The largest absolute Gasteiger partial charge is 0.479 e. The molecule has 0 N–H and O–H groups in total. The second-order valence-electron chi connectivity index (χ2n) is 5.22. The molecule has 2 aromatic rings. The predicted octanol–water partition coefficient (Wildman–Crippen LogP) is 3.51. The first kappa shape index (κ1) is 14.1. The number of aromatic nitrogens is 1. The van der Waals surface area contributed by atoms with Gasteiger partial charge < -0.3 is 9.64 Å². The van der Waals surface area contributed by atoms with Gasteiger partial charge in [0.1, 0.15) is 5.75 Å². The summed E-state index contributed by atoms with van der Waals surface area (Å²) in [7, 11) is 1.79. The summed E-state index contributed by atoms with van der Waals surface area (Å²) in [6.07, 6.45) is 1.68. The van der Waals surface area contributed by atoms with Gasteiger partial charge in [-0.15, -0.1) is 11.3 Å². The third kappa shape index (κ3) is 2.53. The van der Waals surface area contributed by atoms with Crippen molar-refractivity contribution in [2.45, 2.75) is 32.8 Å². The molecule has 0 aliphatic carbocycles. The molecule has 0 fully saturated rings. The van der Waals surface area contributed by atoms with E-state index in [1.165, 1.54) is 0 Å². The summed E-state index contributed by atoms with van der Waals surface area (Å²) in [4.78, 5) is 18.3. The van der Waals surface area contributed by atoms with Gasteiger partial charge in [0.05, 0.1) is 16.4 Å². The molecule has 1 aliphatic rings. The second kappa shape index (κ2) is 5.48. The first-order chi connectivity index (χ1) is 10.1. The number of rotatable bonds is 3. The highest BCUT2D eigenvalue weighted by molar-refractivity contribution is 7.09. The zero-order chi connectivity index (χ0) is 15.0. The Balaban J connectivity index is 1.97. The van der Waals surface area contributed by atoms with Crippen molar-refractivity contribution in [3.8, 4) is 17.0 Å². The summed E-state index contributed by atoms with van der Waals surface area (Å²) in [5.74, 6) is 0.724. The number of carbonyl (C=O) groups is 1. The van der Waals surface area contributed by atoms with E-state index in [-0.39, 0.29) is 5.91 Å². The van der Waals surface area contributed by atoms with Crippen LogP contribution in [0, 0.1) is 0 Å². The van der Waals surface area contributed by atoms with Crippen LogP contribution in [0.1, 0.15) is 25.3 Å². The Morgan fingerprint density at radius 1 is 1.43 bits per heavy atom. The van der Waals surface area contributed by atoms with Crippen molar-refractivity contribution >= 4 is 22.9 Å². The summed E-state index contributed by atoms with van der Waals surface area (Å²) in [5, 5.41) is 3.22. The van der Waals surface area contributed by atoms with Gasteiger partial charge in [-0.25, -0.2) is 4.98 Å². The molecule has 0 radical (unpaired) electrons. The van der Waals surface area contributed by atoms with Gasteiger partial charge in [-0.3, -0.25) is 4.79 Å². The maximum Gasteiger partial charge on any atom is 0.267 e. The number of nitrogens with zero attached hydrogens (tertiary/aromatic N) is 2. The van der Waals surface area contributed by atoms with Gasteiger partial charge >= 0.3 is 0 Å². The number of hydrogen-bond acceptors (Lipinski definition) is 4. The maximum atomic E-state index is 12.0. The van der Waals surface area contributed by atoms with Crippen LogP contribution in [0.5, 0.6) is 5.75 Å². The number of ether oxygens (including phenoxy) is 1. The van der Waals surface area contributed by atoms with E-state index in [1.807, 2.05) is 18.2 Å². The van der Waals surface area contributed by atoms with E-state index in [4.69, 9.17) is 4.74 Å². The summed E-state index contributed by atoms with van der Waals surface area (Å²) >= 11 is 1.69. The van der Waals surface area contributed by atoms with Gasteiger partial charge in [-0.2, -0.15) is 0 Å². The van der Waals surface area contributed by atoms with Crippen molar-refractivity contribution in [1.29, 1.82) is 0 Å². The average molecular weight is 302 g/mol. The zero-order valence-electron chi connectivity index (χ0n) is 12.4. The van der Waals surface area contributed by atoms with E-state index in [2.05, 4.69) is 17.3 Å². The molecule has 0 saturated heterocycles. The monoisotopic (exact) mass is 302 g/mol. The molecule has 21 heavy (non-hydrogen) atoms. The van der Waals surface area contributed by atoms with Crippen molar-refractivity contribution in [2.24, 2.45) is 0 Å². The van der Waals surface area contributed by atoms with E-state index >= 15 is 0 Å². The molecule has 110 valence electrons. The molecular weight excluding hydrogens is 284 g/mol. The SMILES string of the molecule is CCCc1nc(-c2ccc3c(c2)N(C)C(=O)C(C)O3)cs1. The average Bonchev–Trinajstić information content (AvgIpc) is 2.94. The van der Waals surface area contributed by atoms with Crippen LogP contribution >= 0.6 is 11.3 Å². The highest BCUT2D eigenvalue weighted by Gasteiger charge is 2.29. The molecule has 1 atom stereocenters. The minimum atomic E-state index is -0.427. The minimum absolute atomic E-state index is 0.0235. The second-order valence-corrected chi connectivity index (χ2v) is 6.16. The Bertz CT molecular complexity index is 681. The number of carbonyl (C=O) groups excluding carboxylic acids is 1. The quantitative estimate of drug-likeness (QED) is 0.871. The van der Waals surface area contributed by atoms with Crippen LogP contribution in [0.3, 0.4) is 0 Å². The predicted molar refractivity (Wildman–Crippen MR) is 85.0 cm³/mol. The zero-order valence-corrected chi connectivity index (χ0v) is 13.2. The number of aryl methyl sites for hydroxylation is 1. The molecule has 1 unspecified atom stereocenters. The van der Waals surface area contributed by atoms with Gasteiger partial charge in [-0.1, -0.05) is 6.92 Å². The summed E-state index contributed by atoms with van der Waals surface area (Å²) in [6, 6.07) is 5.90. The van der Waals surface area contributed by atoms with Gasteiger partial charge in [0.2, 0.25) is 0 Å². The third-order valence-corrected chi connectivity index (χ3v) is 4.52. The maximum absolute atomic E-state index is 12.0. The summed E-state index contributed by atoms with van der Waals surface area (Å²) in [5.41, 5.74) is 2.79. The van der Waals surface area contributed by atoms with E-state index in [1.54, 1.807) is 30.2 Å². The summed E-state index contributed by atoms with van der Waals surface area (Å²) < 4.78 is 5.64. The number of benzene rings is 1. The fourth-order valence-electron chi connectivity index (χ4n) is 2.44. The smallest absolute Gasteiger partial charge is 0.267 e. The Morgan fingerprint density at radius 3 is 3.00 bits per heavy atom. The first-order valence-corrected chi connectivity index (χ1v) is 8.01. The van der Waals surface area contributed by atoms with Crippen molar-refractivity contribution in [1.82, 2.24) is 4.98 Å². The molecule has 4 nitrogen and oxygen atoms in total. The van der Waals surface area contributed by atoms with E-state index in [0.29, 0.717) is 0 Å². The lowest BCUT2D eigenvalue weighted by Crippen LogP contribution is -2.41. The van der Waals surface area contributed by atoms with Crippen molar-refractivity contribution in [3.63, 3.8) is 0 Å². The number of thiazole rings is 1. The van der Waals surface area contributed by atoms with Crippen LogP contribution in [0.4, 0.5) is 5.69 Å². The van der Waals surface area contributed by atoms with Crippen LogP contribution in [-0.2, 0) is 11.2 Å². The molecule has 0 bridgehead atoms. The Hall–Kier alpha value is -1.88. The number of likely N-dealkylation sites (N-methyl/N-ethyl adjacent to an activating group) is 1. The Kier molecular flexibility index (Phi) is 3.68. The lowest BCUT2D eigenvalue weighted by atomic mass is 10.1. The molecule has 3 rings (SSSR count). The summed E-state index contributed by atoms with van der Waals surface area (Å²) in [6.45, 7) is 3.92. The van der Waals surface area contributed by atoms with Crippen LogP contribution in [0.15, 0.2) is 23.6 Å². The van der Waals surface area contributed by atoms with Gasteiger partial charge in [0.25, 0.3) is 5.91 Å². The van der Waals surface area contributed by atoms with Crippen LogP contribution < -0.4 is 9.64 Å². The molecule has 1 amide bonds. The fourth-order valence-corrected chi connectivity index (χ4v) is 3.35. The molecule has 1 aromatic carbocycles. The minimum Gasteiger partial charge on any atom is -0.479 e. The molecule has 1 aromatic heterocycles.